The molecule has 0 atom stereocenters. The van der Waals surface area contributed by atoms with Gasteiger partial charge in [-0.05, 0) is 32.0 Å². The van der Waals surface area contributed by atoms with Gasteiger partial charge in [-0.15, -0.1) is 0 Å². The molecule has 0 fully saturated rings. The van der Waals surface area contributed by atoms with Crippen LogP contribution in [0.2, 0.25) is 5.02 Å². The van der Waals surface area contributed by atoms with Gasteiger partial charge in [0.05, 0.1) is 27.8 Å². The summed E-state index contributed by atoms with van der Waals surface area (Å²) in [6.45, 7) is 3.52. The highest BCUT2D eigenvalue weighted by Gasteiger charge is 2.16. The lowest BCUT2D eigenvalue weighted by Crippen LogP contribution is -2.23. The summed E-state index contributed by atoms with van der Waals surface area (Å²) in [6, 6.07) is 4.12. The summed E-state index contributed by atoms with van der Waals surface area (Å²) in [4.78, 5) is 4.14. The van der Waals surface area contributed by atoms with E-state index in [2.05, 4.69) is 9.71 Å². The van der Waals surface area contributed by atoms with Crippen LogP contribution >= 0.6 is 11.6 Å². The highest BCUT2D eigenvalue weighted by atomic mass is 35.5. The van der Waals surface area contributed by atoms with Gasteiger partial charge in [0.2, 0.25) is 15.9 Å². The van der Waals surface area contributed by atoms with E-state index < -0.39 is 10.0 Å². The third kappa shape index (κ3) is 3.12. The number of nitrogens with two attached hydrogens (primary N) is 1. The summed E-state index contributed by atoms with van der Waals surface area (Å²) in [5.41, 5.74) is 6.60. The van der Waals surface area contributed by atoms with Gasteiger partial charge in [-0.25, -0.2) is 18.1 Å². The molecule has 0 aliphatic carbocycles. The van der Waals surface area contributed by atoms with Gasteiger partial charge < -0.3 is 10.2 Å². The molecule has 1 aromatic heterocycles. The summed E-state index contributed by atoms with van der Waals surface area (Å²) in [5.74, 6) is 0.972. The monoisotopic (exact) mass is 315 g/mol. The molecule has 20 heavy (non-hydrogen) atoms. The zero-order valence-corrected chi connectivity index (χ0v) is 12.5. The number of aromatic nitrogens is 1. The van der Waals surface area contributed by atoms with Crippen LogP contribution in [0.4, 0.5) is 5.69 Å². The molecule has 0 amide bonds. The molecule has 0 unspecified atom stereocenters. The Balaban J connectivity index is 2.16. The number of oxazole rings is 1. The van der Waals surface area contributed by atoms with Crippen LogP contribution in [0.3, 0.4) is 0 Å². The van der Waals surface area contributed by atoms with Crippen LogP contribution in [0.1, 0.15) is 17.3 Å². The molecule has 2 rings (SSSR count). The molecule has 2 aromatic rings. The third-order valence-corrected chi connectivity index (χ3v) is 4.49. The molecule has 0 aliphatic rings. The number of hydrogen-bond acceptors (Lipinski definition) is 5. The molecule has 0 aliphatic heterocycles. The van der Waals surface area contributed by atoms with Crippen molar-refractivity contribution in [2.24, 2.45) is 0 Å². The first-order chi connectivity index (χ1) is 9.29. The zero-order valence-electron chi connectivity index (χ0n) is 11.0. The Morgan fingerprint density at radius 3 is 2.65 bits per heavy atom. The average molecular weight is 316 g/mol. The molecule has 6 nitrogen and oxygen atoms in total. The molecule has 108 valence electrons. The Hall–Kier alpha value is -1.57. The zero-order chi connectivity index (χ0) is 14.9. The lowest BCUT2D eigenvalue weighted by molar-refractivity contribution is 0.463. The number of nitrogens with zero attached hydrogens (tertiary/aromatic N) is 1. The van der Waals surface area contributed by atoms with Gasteiger partial charge >= 0.3 is 0 Å². The second-order valence-corrected chi connectivity index (χ2v) is 6.43. The first kappa shape index (κ1) is 14.8. The normalized spacial score (nSPS) is 11.8. The van der Waals surface area contributed by atoms with Gasteiger partial charge in [0.25, 0.3) is 0 Å². The lowest BCUT2D eigenvalue weighted by atomic mass is 10.3. The van der Waals surface area contributed by atoms with Crippen LogP contribution < -0.4 is 10.5 Å². The van der Waals surface area contributed by atoms with E-state index in [1.54, 1.807) is 13.8 Å². The molecule has 0 bridgehead atoms. The Morgan fingerprint density at radius 2 is 2.10 bits per heavy atom. The van der Waals surface area contributed by atoms with E-state index in [4.69, 9.17) is 21.8 Å². The van der Waals surface area contributed by atoms with Gasteiger partial charge in [-0.1, -0.05) is 11.6 Å². The largest absolute Gasteiger partial charge is 0.444 e. The number of anilines is 1. The number of sulfonamides is 1. The number of aryl methyl sites for hydroxylation is 2. The predicted octanol–water partition coefficient (Wildman–Crippen LogP) is 2.01. The molecule has 0 saturated heterocycles. The SMILES string of the molecule is Cc1nc(CNS(=O)(=O)c2ccc(N)c(Cl)c2)oc1C. The van der Waals surface area contributed by atoms with Crippen LogP contribution in [0, 0.1) is 13.8 Å². The Labute approximate surface area is 122 Å². The number of nitrogen functional groups attached to an aromatic ring is 1. The van der Waals surface area contributed by atoms with Crippen molar-refractivity contribution in [3.8, 4) is 0 Å². The van der Waals surface area contributed by atoms with Crippen molar-refractivity contribution >= 4 is 27.3 Å². The molecule has 0 radical (unpaired) electrons. The van der Waals surface area contributed by atoms with Crippen LogP contribution in [0.25, 0.3) is 0 Å². The van der Waals surface area contributed by atoms with Gasteiger partial charge in [0.15, 0.2) is 0 Å². The van der Waals surface area contributed by atoms with E-state index in [1.165, 1.54) is 18.2 Å². The molecule has 1 aromatic carbocycles. The van der Waals surface area contributed by atoms with E-state index in [0.29, 0.717) is 17.3 Å². The maximum Gasteiger partial charge on any atom is 0.241 e. The molecular formula is C12H14ClN3O3S. The maximum atomic E-state index is 12.1. The molecular weight excluding hydrogens is 302 g/mol. The number of nitrogens with one attached hydrogen (secondary N) is 1. The summed E-state index contributed by atoms with van der Waals surface area (Å²) in [6.07, 6.45) is 0. The van der Waals surface area contributed by atoms with E-state index in [0.717, 1.165) is 5.69 Å². The van der Waals surface area contributed by atoms with Crippen LogP contribution in [0.15, 0.2) is 27.5 Å². The van der Waals surface area contributed by atoms with Gasteiger partial charge in [-0.2, -0.15) is 0 Å². The molecule has 0 spiro atoms. The van der Waals surface area contributed by atoms with Gasteiger partial charge in [-0.3, -0.25) is 0 Å². The minimum Gasteiger partial charge on any atom is -0.444 e. The van der Waals surface area contributed by atoms with Crippen molar-refractivity contribution in [1.29, 1.82) is 0 Å². The average Bonchev–Trinajstić information content (AvgIpc) is 2.70. The fourth-order valence-electron chi connectivity index (χ4n) is 1.53. The Morgan fingerprint density at radius 1 is 1.40 bits per heavy atom. The quantitative estimate of drug-likeness (QED) is 0.841. The van der Waals surface area contributed by atoms with Crippen LogP contribution in [-0.4, -0.2) is 13.4 Å². The number of benzene rings is 1. The molecule has 3 N–H and O–H groups in total. The number of halogens is 1. The third-order valence-electron chi connectivity index (χ3n) is 2.77. The van der Waals surface area contributed by atoms with Crippen molar-refractivity contribution in [2.75, 3.05) is 5.73 Å². The Bertz CT molecular complexity index is 721. The summed E-state index contributed by atoms with van der Waals surface area (Å²) in [7, 11) is -3.69. The van der Waals surface area contributed by atoms with Crippen molar-refractivity contribution in [2.45, 2.75) is 25.3 Å². The van der Waals surface area contributed by atoms with E-state index in [9.17, 15) is 8.42 Å². The van der Waals surface area contributed by atoms with E-state index >= 15 is 0 Å². The minimum atomic E-state index is -3.69. The van der Waals surface area contributed by atoms with Crippen LogP contribution in [-0.2, 0) is 16.6 Å². The van der Waals surface area contributed by atoms with Crippen LogP contribution in [0.5, 0.6) is 0 Å². The first-order valence-electron chi connectivity index (χ1n) is 5.77. The van der Waals surface area contributed by atoms with E-state index in [1.807, 2.05) is 0 Å². The van der Waals surface area contributed by atoms with Crippen molar-refractivity contribution in [1.82, 2.24) is 9.71 Å². The fraction of sp³-hybridized carbons (Fsp3) is 0.250. The fourth-order valence-corrected chi connectivity index (χ4v) is 2.78. The molecule has 0 saturated carbocycles. The van der Waals surface area contributed by atoms with Crippen molar-refractivity contribution < 1.29 is 12.8 Å². The summed E-state index contributed by atoms with van der Waals surface area (Å²) in [5, 5.41) is 0.190. The highest BCUT2D eigenvalue weighted by molar-refractivity contribution is 7.89. The van der Waals surface area contributed by atoms with Crippen molar-refractivity contribution in [3.63, 3.8) is 0 Å². The minimum absolute atomic E-state index is 0.0288. The smallest absolute Gasteiger partial charge is 0.241 e. The summed E-state index contributed by atoms with van der Waals surface area (Å²) < 4.78 is 31.9. The van der Waals surface area contributed by atoms with E-state index in [-0.39, 0.29) is 16.5 Å². The second-order valence-electron chi connectivity index (χ2n) is 4.26. The second kappa shape index (κ2) is 5.43. The van der Waals surface area contributed by atoms with Gasteiger partial charge in [0.1, 0.15) is 5.76 Å². The molecule has 1 heterocycles. The molecule has 8 heteroatoms. The maximum absolute atomic E-state index is 12.1. The van der Waals surface area contributed by atoms with Gasteiger partial charge in [0, 0.05) is 0 Å². The predicted molar refractivity (Wildman–Crippen MR) is 75.9 cm³/mol. The first-order valence-corrected chi connectivity index (χ1v) is 7.63. The Kier molecular flexibility index (Phi) is 4.03. The lowest BCUT2D eigenvalue weighted by Gasteiger charge is -2.06. The number of rotatable bonds is 4. The number of hydrogen-bond donors (Lipinski definition) is 2. The highest BCUT2D eigenvalue weighted by Crippen LogP contribution is 2.22. The topological polar surface area (TPSA) is 98.2 Å². The standard InChI is InChI=1S/C12H14ClN3O3S/c1-7-8(2)19-12(16-7)6-15-20(17,18)9-3-4-11(14)10(13)5-9/h3-5,15H,6,14H2,1-2H3. The summed E-state index contributed by atoms with van der Waals surface area (Å²) >= 11 is 5.81. The van der Waals surface area contributed by atoms with Crippen molar-refractivity contribution in [3.05, 3.63) is 40.6 Å².